The van der Waals surface area contributed by atoms with Crippen molar-refractivity contribution in [1.29, 1.82) is 0 Å². The molecule has 2 N–H and O–H groups in total. The van der Waals surface area contributed by atoms with Gasteiger partial charge in [-0.1, -0.05) is 6.07 Å². The van der Waals surface area contributed by atoms with Gasteiger partial charge in [-0.15, -0.1) is 0 Å². The van der Waals surface area contributed by atoms with Gasteiger partial charge in [0.25, 0.3) is 0 Å². The number of rotatable bonds is 4. The van der Waals surface area contributed by atoms with Crippen LogP contribution in [0, 0.1) is 12.3 Å². The van der Waals surface area contributed by atoms with E-state index in [4.69, 9.17) is 4.74 Å². The third-order valence-electron chi connectivity index (χ3n) is 7.15. The third kappa shape index (κ3) is 3.55. The van der Waals surface area contributed by atoms with E-state index in [0.29, 0.717) is 13.0 Å². The average Bonchev–Trinajstić information content (AvgIpc) is 3.21. The number of ether oxygens (including phenoxy) is 1. The summed E-state index contributed by atoms with van der Waals surface area (Å²) < 4.78 is 33.3. The van der Waals surface area contributed by atoms with E-state index in [1.807, 2.05) is 18.3 Å². The lowest BCUT2D eigenvalue weighted by molar-refractivity contribution is -0.186. The Morgan fingerprint density at radius 1 is 1.23 bits per heavy atom. The molecule has 0 unspecified atom stereocenters. The maximum Gasteiger partial charge on any atom is 0.249 e. The molecular formula is C24H27F2N3O2. The molecule has 1 spiro atoms. The second-order valence-electron chi connectivity index (χ2n) is 9.28. The molecule has 1 aliphatic heterocycles. The van der Waals surface area contributed by atoms with Crippen LogP contribution in [0.3, 0.4) is 0 Å². The number of aromatic nitrogens is 2. The van der Waals surface area contributed by atoms with Crippen LogP contribution in [0.1, 0.15) is 48.4 Å². The normalized spacial score (nSPS) is 22.5. The Morgan fingerprint density at radius 3 is 2.71 bits per heavy atom. The number of nitrogens with zero attached hydrogens (tertiary/aromatic N) is 1. The number of aromatic amines is 2. The van der Waals surface area contributed by atoms with E-state index in [9.17, 15) is 13.6 Å². The molecule has 5 nitrogen and oxygen atoms in total. The Kier molecular flexibility index (Phi) is 4.70. The van der Waals surface area contributed by atoms with Gasteiger partial charge in [-0.05, 0) is 55.0 Å². The molecule has 7 heteroatoms. The fraction of sp³-hybridized carbons (Fsp3) is 0.458. The molecule has 2 fully saturated rings. The molecular weight excluding hydrogens is 400 g/mol. The predicted molar refractivity (Wildman–Crippen MR) is 116 cm³/mol. The number of pyridine rings is 1. The van der Waals surface area contributed by atoms with Crippen LogP contribution < -0.4 is 10.3 Å². The number of likely N-dealkylation sites (tertiary alicyclic amines) is 1. The van der Waals surface area contributed by atoms with Gasteiger partial charge in [0.15, 0.2) is 0 Å². The van der Waals surface area contributed by atoms with E-state index >= 15 is 0 Å². The molecule has 1 saturated heterocycles. The number of nitrogens with one attached hydrogen (secondary N) is 2. The quantitative estimate of drug-likeness (QED) is 0.621. The summed E-state index contributed by atoms with van der Waals surface area (Å²) >= 11 is 0. The van der Waals surface area contributed by atoms with Crippen LogP contribution in [0.25, 0.3) is 10.9 Å². The first-order valence-electron chi connectivity index (χ1n) is 10.7. The number of alkyl halides is 2. The van der Waals surface area contributed by atoms with Crippen LogP contribution in [0.5, 0.6) is 5.75 Å². The van der Waals surface area contributed by atoms with Gasteiger partial charge < -0.3 is 14.7 Å². The lowest BCUT2D eigenvalue weighted by Gasteiger charge is -2.54. The Morgan fingerprint density at radius 2 is 2.03 bits per heavy atom. The highest BCUT2D eigenvalue weighted by Crippen LogP contribution is 2.60. The number of benzene rings is 1. The van der Waals surface area contributed by atoms with Gasteiger partial charge in [0.05, 0.1) is 7.11 Å². The number of aryl methyl sites for hydroxylation is 1. The van der Waals surface area contributed by atoms with Gasteiger partial charge in [-0.25, -0.2) is 8.78 Å². The summed E-state index contributed by atoms with van der Waals surface area (Å²) in [5.41, 5.74) is 3.78. The zero-order valence-corrected chi connectivity index (χ0v) is 17.8. The molecule has 1 atom stereocenters. The van der Waals surface area contributed by atoms with Crippen molar-refractivity contribution < 1.29 is 13.5 Å². The smallest absolute Gasteiger partial charge is 0.249 e. The SMILES string of the molecule is COc1cc(C)c2[nH]ccc2c1CN1CCC2(C[C@@H]1c1ccc(=O)[nH]c1)CC(F)(F)C2. The Balaban J connectivity index is 1.51. The summed E-state index contributed by atoms with van der Waals surface area (Å²) in [7, 11) is 1.68. The summed E-state index contributed by atoms with van der Waals surface area (Å²) in [5.74, 6) is -1.71. The van der Waals surface area contributed by atoms with Crippen LogP contribution in [-0.2, 0) is 6.54 Å². The van der Waals surface area contributed by atoms with Crippen molar-refractivity contribution in [3.8, 4) is 5.75 Å². The summed E-state index contributed by atoms with van der Waals surface area (Å²) in [6.45, 7) is 3.42. The highest BCUT2D eigenvalue weighted by Gasteiger charge is 2.58. The molecule has 31 heavy (non-hydrogen) atoms. The second kappa shape index (κ2) is 7.19. The molecule has 0 bridgehead atoms. The number of fused-ring (bicyclic) bond motifs is 1. The Bertz CT molecular complexity index is 1150. The second-order valence-corrected chi connectivity index (χ2v) is 9.28. The minimum Gasteiger partial charge on any atom is -0.496 e. The zero-order valence-electron chi connectivity index (χ0n) is 17.8. The van der Waals surface area contributed by atoms with Crippen LogP contribution in [0.4, 0.5) is 8.78 Å². The van der Waals surface area contributed by atoms with Gasteiger partial charge in [-0.3, -0.25) is 9.69 Å². The molecule has 5 rings (SSSR count). The number of halogens is 2. The maximum atomic E-state index is 13.8. The van der Waals surface area contributed by atoms with E-state index in [0.717, 1.165) is 46.3 Å². The molecule has 0 radical (unpaired) electrons. The van der Waals surface area contributed by atoms with Crippen molar-refractivity contribution in [2.75, 3.05) is 13.7 Å². The Labute approximate surface area is 179 Å². The number of methoxy groups -OCH3 is 1. The summed E-state index contributed by atoms with van der Waals surface area (Å²) in [4.78, 5) is 20.0. The van der Waals surface area contributed by atoms with Crippen LogP contribution in [0.2, 0.25) is 0 Å². The van der Waals surface area contributed by atoms with Crippen molar-refractivity contribution in [1.82, 2.24) is 14.9 Å². The molecule has 1 aromatic carbocycles. The van der Waals surface area contributed by atoms with Gasteiger partial charge in [0, 0.05) is 60.4 Å². The predicted octanol–water partition coefficient (Wildman–Crippen LogP) is 4.93. The number of piperidine rings is 1. The first kappa shape index (κ1) is 20.2. The van der Waals surface area contributed by atoms with E-state index in [-0.39, 0.29) is 29.9 Å². The fourth-order valence-electron chi connectivity index (χ4n) is 5.68. The van der Waals surface area contributed by atoms with Gasteiger partial charge in [0.1, 0.15) is 5.75 Å². The zero-order chi connectivity index (χ0) is 21.8. The van der Waals surface area contributed by atoms with E-state index in [2.05, 4.69) is 27.9 Å². The minimum atomic E-state index is -2.55. The number of H-pyrrole nitrogens is 2. The summed E-state index contributed by atoms with van der Waals surface area (Å²) in [5, 5.41) is 1.12. The molecule has 164 valence electrons. The fourth-order valence-corrected chi connectivity index (χ4v) is 5.68. The van der Waals surface area contributed by atoms with Gasteiger partial charge in [0.2, 0.25) is 11.5 Å². The highest BCUT2D eigenvalue weighted by atomic mass is 19.3. The monoisotopic (exact) mass is 427 g/mol. The lowest BCUT2D eigenvalue weighted by Crippen LogP contribution is -2.53. The van der Waals surface area contributed by atoms with Crippen molar-refractivity contribution in [2.24, 2.45) is 5.41 Å². The molecule has 3 heterocycles. The first-order chi connectivity index (χ1) is 14.8. The van der Waals surface area contributed by atoms with Crippen molar-refractivity contribution in [2.45, 2.75) is 51.1 Å². The number of hydrogen-bond donors (Lipinski definition) is 2. The number of hydrogen-bond acceptors (Lipinski definition) is 3. The molecule has 2 aromatic heterocycles. The molecule has 2 aliphatic rings. The van der Waals surface area contributed by atoms with E-state index in [1.54, 1.807) is 13.3 Å². The summed E-state index contributed by atoms with van der Waals surface area (Å²) in [6.07, 6.45) is 5.01. The van der Waals surface area contributed by atoms with Crippen LogP contribution in [0.15, 0.2) is 41.5 Å². The topological polar surface area (TPSA) is 61.1 Å². The molecule has 3 aromatic rings. The van der Waals surface area contributed by atoms with Crippen molar-refractivity contribution >= 4 is 10.9 Å². The van der Waals surface area contributed by atoms with Crippen LogP contribution in [-0.4, -0.2) is 34.4 Å². The Hall–Kier alpha value is -2.67. The summed E-state index contributed by atoms with van der Waals surface area (Å²) in [6, 6.07) is 7.40. The average molecular weight is 427 g/mol. The van der Waals surface area contributed by atoms with E-state index in [1.165, 1.54) is 6.07 Å². The first-order valence-corrected chi connectivity index (χ1v) is 10.7. The highest BCUT2D eigenvalue weighted by molar-refractivity contribution is 5.88. The molecule has 1 aliphatic carbocycles. The van der Waals surface area contributed by atoms with Gasteiger partial charge in [-0.2, -0.15) is 0 Å². The van der Waals surface area contributed by atoms with Crippen molar-refractivity contribution in [3.05, 3.63) is 63.7 Å². The van der Waals surface area contributed by atoms with Gasteiger partial charge >= 0.3 is 0 Å². The third-order valence-corrected chi connectivity index (χ3v) is 7.15. The molecule has 1 saturated carbocycles. The molecule has 0 amide bonds. The van der Waals surface area contributed by atoms with Crippen LogP contribution >= 0.6 is 0 Å². The largest absolute Gasteiger partial charge is 0.496 e. The maximum absolute atomic E-state index is 13.8. The minimum absolute atomic E-state index is 0.0381. The lowest BCUT2D eigenvalue weighted by atomic mass is 9.59. The van der Waals surface area contributed by atoms with E-state index < -0.39 is 5.92 Å². The van der Waals surface area contributed by atoms with Crippen molar-refractivity contribution in [3.63, 3.8) is 0 Å². The standard InChI is InChI=1S/C24H27F2N3O2/c1-15-9-20(31-2)18(17-5-7-27-22(15)17)12-29-8-6-23(13-24(25,26)14-23)10-19(29)16-3-4-21(30)28-11-16/h3-5,7,9,11,19,27H,6,8,10,12-14H2,1-2H3,(H,28,30)/t19-/m1/s1.